The fraction of sp³-hybridized carbons (Fsp3) is 0.286. The molecule has 0 amide bonds. The zero-order valence-corrected chi connectivity index (χ0v) is 15.8. The highest BCUT2D eigenvalue weighted by Crippen LogP contribution is 2.29. The first-order chi connectivity index (χ1) is 12.3. The van der Waals surface area contributed by atoms with Crippen molar-refractivity contribution in [3.63, 3.8) is 0 Å². The fourth-order valence-electron chi connectivity index (χ4n) is 2.66. The molecule has 1 atom stereocenters. The van der Waals surface area contributed by atoms with E-state index in [-0.39, 0.29) is 18.0 Å². The molecule has 0 aromatic heterocycles. The number of rotatable bonds is 5. The molecule has 2 aromatic carbocycles. The second kappa shape index (κ2) is 8.88. The summed E-state index contributed by atoms with van der Waals surface area (Å²) in [5, 5.41) is 21.2. The average Bonchev–Trinajstić information content (AvgIpc) is 2.54. The first kappa shape index (κ1) is 20.0. The van der Waals surface area contributed by atoms with E-state index in [1.807, 2.05) is 26.0 Å². The third kappa shape index (κ3) is 5.35. The Balaban J connectivity index is 2.30. The molecule has 0 radical (unpaired) electrons. The normalized spacial score (nSPS) is 11.6. The molecule has 5 heteroatoms. The maximum Gasteiger partial charge on any atom is 0.306 e. The van der Waals surface area contributed by atoms with E-state index < -0.39 is 12.1 Å². The summed E-state index contributed by atoms with van der Waals surface area (Å²) in [7, 11) is 0. The van der Waals surface area contributed by atoms with Crippen molar-refractivity contribution in [2.45, 2.75) is 33.3 Å². The molecule has 0 bridgehead atoms. The monoisotopic (exact) mass is 372 g/mol. The van der Waals surface area contributed by atoms with Gasteiger partial charge in [0.15, 0.2) is 0 Å². The Kier molecular flexibility index (Phi) is 6.84. The molecule has 0 aliphatic heterocycles. The molecule has 0 aliphatic rings. The summed E-state index contributed by atoms with van der Waals surface area (Å²) in [6.45, 7) is 5.70. The van der Waals surface area contributed by atoms with Crippen LogP contribution in [-0.2, 0) is 4.79 Å². The van der Waals surface area contributed by atoms with Crippen LogP contribution in [0.3, 0.4) is 0 Å². The second-order valence-electron chi connectivity index (χ2n) is 6.26. The molecule has 26 heavy (non-hydrogen) atoms. The van der Waals surface area contributed by atoms with Gasteiger partial charge in [0.1, 0.15) is 5.82 Å². The van der Waals surface area contributed by atoms with Crippen molar-refractivity contribution in [3.8, 4) is 22.3 Å². The fourth-order valence-corrected chi connectivity index (χ4v) is 3.23. The van der Waals surface area contributed by atoms with Gasteiger partial charge in [0.2, 0.25) is 0 Å². The van der Waals surface area contributed by atoms with Gasteiger partial charge in [-0.1, -0.05) is 41.4 Å². The van der Waals surface area contributed by atoms with Crippen molar-refractivity contribution < 1.29 is 19.4 Å². The van der Waals surface area contributed by atoms with Crippen molar-refractivity contribution in [1.82, 2.24) is 0 Å². The molecular weight excluding hydrogens is 351 g/mol. The summed E-state index contributed by atoms with van der Waals surface area (Å²) >= 11 is 1.19. The first-order valence-electron chi connectivity index (χ1n) is 8.18. The van der Waals surface area contributed by atoms with Gasteiger partial charge in [0.25, 0.3) is 0 Å². The zero-order valence-electron chi connectivity index (χ0n) is 15.0. The Hall–Kier alpha value is -2.29. The van der Waals surface area contributed by atoms with Crippen LogP contribution in [0.4, 0.5) is 4.39 Å². The van der Waals surface area contributed by atoms with Crippen LogP contribution in [0, 0.1) is 37.8 Å². The van der Waals surface area contributed by atoms with Crippen LogP contribution in [0.5, 0.6) is 0 Å². The number of aliphatic hydroxyl groups is 1. The number of hydrogen-bond donors (Lipinski definition) is 2. The lowest BCUT2D eigenvalue weighted by molar-refractivity contribution is -0.138. The third-order valence-corrected chi connectivity index (χ3v) is 4.68. The van der Waals surface area contributed by atoms with E-state index in [0.717, 1.165) is 27.8 Å². The molecule has 0 saturated carbocycles. The Bertz CT molecular complexity index is 881. The van der Waals surface area contributed by atoms with Crippen molar-refractivity contribution in [3.05, 3.63) is 58.4 Å². The lowest BCUT2D eigenvalue weighted by Crippen LogP contribution is -2.14. The average molecular weight is 372 g/mol. The van der Waals surface area contributed by atoms with Crippen LogP contribution >= 0.6 is 11.8 Å². The predicted octanol–water partition coefficient (Wildman–Crippen LogP) is 4.30. The van der Waals surface area contributed by atoms with E-state index in [4.69, 9.17) is 5.11 Å². The molecule has 2 aromatic rings. The van der Waals surface area contributed by atoms with E-state index in [0.29, 0.717) is 5.56 Å². The number of carboxylic acids is 1. The van der Waals surface area contributed by atoms with Gasteiger partial charge in [-0.15, -0.1) is 0 Å². The predicted molar refractivity (Wildman–Crippen MR) is 104 cm³/mol. The highest BCUT2D eigenvalue weighted by Gasteiger charge is 2.10. The molecular formula is C21H21FO3S. The summed E-state index contributed by atoms with van der Waals surface area (Å²) in [5.74, 6) is 2.07. The standard InChI is InChI=1S/C21H21FO3S/c1-13-8-14(2)18(6-7-26-12-17(23)11-21(24)25)19(9-13)16-4-5-20(22)15(3)10-16/h4-5,8-10,17,23H,11-12H2,1-3H3,(H,24,25). The highest BCUT2D eigenvalue weighted by atomic mass is 32.2. The van der Waals surface area contributed by atoms with Crippen LogP contribution < -0.4 is 0 Å². The van der Waals surface area contributed by atoms with E-state index in [9.17, 15) is 14.3 Å². The van der Waals surface area contributed by atoms with Gasteiger partial charge in [-0.05, 0) is 60.4 Å². The Morgan fingerprint density at radius 2 is 1.92 bits per heavy atom. The molecule has 0 heterocycles. The summed E-state index contributed by atoms with van der Waals surface area (Å²) < 4.78 is 13.6. The number of carbonyl (C=O) groups is 1. The van der Waals surface area contributed by atoms with Crippen LogP contribution in [0.15, 0.2) is 30.3 Å². The Labute approximate surface area is 157 Å². The number of aliphatic hydroxyl groups excluding tert-OH is 1. The van der Waals surface area contributed by atoms with Crippen molar-refractivity contribution in [2.24, 2.45) is 0 Å². The summed E-state index contributed by atoms with van der Waals surface area (Å²) in [6.07, 6.45) is -1.22. The number of aliphatic carboxylic acids is 1. The van der Waals surface area contributed by atoms with Gasteiger partial charge in [-0.3, -0.25) is 4.79 Å². The van der Waals surface area contributed by atoms with E-state index in [2.05, 4.69) is 11.2 Å². The minimum absolute atomic E-state index is 0.231. The second-order valence-corrected chi connectivity index (χ2v) is 7.08. The number of carboxylic acid groups (broad SMARTS) is 1. The van der Waals surface area contributed by atoms with E-state index in [1.54, 1.807) is 19.1 Å². The minimum Gasteiger partial charge on any atom is -0.481 e. The summed E-state index contributed by atoms with van der Waals surface area (Å²) in [6, 6.07) is 9.06. The number of benzene rings is 2. The van der Waals surface area contributed by atoms with Crippen LogP contribution in [0.25, 0.3) is 11.1 Å². The van der Waals surface area contributed by atoms with Gasteiger partial charge in [-0.2, -0.15) is 0 Å². The van der Waals surface area contributed by atoms with Gasteiger partial charge in [0, 0.05) is 11.3 Å². The lowest BCUT2D eigenvalue weighted by atomic mass is 9.93. The lowest BCUT2D eigenvalue weighted by Gasteiger charge is -2.11. The van der Waals surface area contributed by atoms with Gasteiger partial charge < -0.3 is 10.2 Å². The number of hydrogen-bond acceptors (Lipinski definition) is 3. The molecule has 0 saturated heterocycles. The van der Waals surface area contributed by atoms with Crippen molar-refractivity contribution in [1.29, 1.82) is 0 Å². The molecule has 2 rings (SSSR count). The zero-order chi connectivity index (χ0) is 19.3. The molecule has 136 valence electrons. The molecule has 1 unspecified atom stereocenters. The molecule has 0 fully saturated rings. The van der Waals surface area contributed by atoms with Gasteiger partial charge in [-0.25, -0.2) is 4.39 Å². The SMILES string of the molecule is Cc1cc(C)c(C#CSCC(O)CC(=O)O)c(-c2ccc(F)c(C)c2)c1. The number of aryl methyl sites for hydroxylation is 3. The van der Waals surface area contributed by atoms with Gasteiger partial charge in [0.05, 0.1) is 12.5 Å². The minimum atomic E-state index is -1.03. The van der Waals surface area contributed by atoms with Crippen LogP contribution in [0.1, 0.15) is 28.7 Å². The molecule has 0 spiro atoms. The Morgan fingerprint density at radius 1 is 1.19 bits per heavy atom. The van der Waals surface area contributed by atoms with E-state index in [1.165, 1.54) is 17.8 Å². The van der Waals surface area contributed by atoms with E-state index >= 15 is 0 Å². The highest BCUT2D eigenvalue weighted by molar-refractivity contribution is 8.03. The largest absolute Gasteiger partial charge is 0.481 e. The third-order valence-electron chi connectivity index (χ3n) is 3.88. The number of halogens is 1. The maximum atomic E-state index is 13.6. The summed E-state index contributed by atoms with van der Waals surface area (Å²) in [4.78, 5) is 10.6. The van der Waals surface area contributed by atoms with Crippen molar-refractivity contribution in [2.75, 3.05) is 5.75 Å². The quantitative estimate of drug-likeness (QED) is 0.769. The topological polar surface area (TPSA) is 57.5 Å². The molecule has 2 N–H and O–H groups in total. The van der Waals surface area contributed by atoms with Crippen LogP contribution in [0.2, 0.25) is 0 Å². The van der Waals surface area contributed by atoms with Crippen molar-refractivity contribution >= 4 is 17.7 Å². The molecule has 0 aliphatic carbocycles. The number of thioether (sulfide) groups is 1. The summed E-state index contributed by atoms with van der Waals surface area (Å²) in [5.41, 5.74) is 5.37. The van der Waals surface area contributed by atoms with Crippen LogP contribution in [-0.4, -0.2) is 28.0 Å². The van der Waals surface area contributed by atoms with Gasteiger partial charge >= 0.3 is 5.97 Å². The Morgan fingerprint density at radius 3 is 2.58 bits per heavy atom. The molecule has 3 nitrogen and oxygen atoms in total. The smallest absolute Gasteiger partial charge is 0.306 e. The first-order valence-corrected chi connectivity index (χ1v) is 9.17. The maximum absolute atomic E-state index is 13.6.